The summed E-state index contributed by atoms with van der Waals surface area (Å²) in [5.74, 6) is -2.13. The van der Waals surface area contributed by atoms with Gasteiger partial charge in [-0.15, -0.1) is 0 Å². The van der Waals surface area contributed by atoms with Gasteiger partial charge in [-0.1, -0.05) is 0 Å². The third kappa shape index (κ3) is 5.19. The number of carbonyl (C=O) groups excluding carboxylic acids is 1. The minimum atomic E-state index is -2.62. The number of aromatic nitrogens is 6. The molecule has 5 heterocycles. The van der Waals surface area contributed by atoms with Crippen LogP contribution in [-0.4, -0.2) is 84.8 Å². The van der Waals surface area contributed by atoms with E-state index in [1.165, 1.54) is 13.4 Å². The third-order valence-electron chi connectivity index (χ3n) is 7.84. The van der Waals surface area contributed by atoms with Gasteiger partial charge in [0, 0.05) is 62.2 Å². The molecule has 4 aromatic rings. The van der Waals surface area contributed by atoms with Crippen LogP contribution in [0.25, 0.3) is 16.8 Å². The number of anilines is 1. The van der Waals surface area contributed by atoms with Crippen molar-refractivity contribution in [2.75, 3.05) is 32.5 Å². The number of imidazole rings is 1. The second-order valence-electron chi connectivity index (χ2n) is 10.8. The maximum Gasteiger partial charge on any atom is 0.257 e. The minimum absolute atomic E-state index is 0.0810. The monoisotopic (exact) mass is 569 g/mol. The Morgan fingerprint density at radius 2 is 2.02 bits per heavy atom. The predicted molar refractivity (Wildman–Crippen MR) is 144 cm³/mol. The first-order valence-electron chi connectivity index (χ1n) is 13.3. The number of methoxy groups -OCH3 is 1. The molecule has 2 fully saturated rings. The number of nitrogens with two attached hydrogens (primary N) is 1. The fourth-order valence-corrected chi connectivity index (χ4v) is 5.79. The van der Waals surface area contributed by atoms with Crippen LogP contribution in [0.1, 0.15) is 34.6 Å². The lowest BCUT2D eigenvalue weighted by Gasteiger charge is -2.37. The van der Waals surface area contributed by atoms with Crippen LogP contribution < -0.4 is 15.8 Å². The molecule has 1 saturated carbocycles. The number of halogens is 3. The molecular formula is C27H30F3N9O2. The fourth-order valence-electron chi connectivity index (χ4n) is 5.79. The Hall–Kier alpha value is -4.20. The van der Waals surface area contributed by atoms with Gasteiger partial charge in [0.05, 0.1) is 25.4 Å². The van der Waals surface area contributed by atoms with Gasteiger partial charge in [0.1, 0.15) is 29.4 Å². The highest BCUT2D eigenvalue weighted by molar-refractivity contribution is 5.98. The highest BCUT2D eigenvalue weighted by atomic mass is 19.3. The summed E-state index contributed by atoms with van der Waals surface area (Å²) in [4.78, 5) is 27.9. The van der Waals surface area contributed by atoms with Gasteiger partial charge in [-0.2, -0.15) is 5.10 Å². The van der Waals surface area contributed by atoms with Crippen molar-refractivity contribution in [1.29, 1.82) is 0 Å². The molecule has 216 valence electrons. The van der Waals surface area contributed by atoms with Crippen molar-refractivity contribution >= 4 is 17.2 Å². The normalized spacial score (nSPS) is 20.8. The van der Waals surface area contributed by atoms with Crippen LogP contribution in [0.5, 0.6) is 5.88 Å². The second kappa shape index (κ2) is 10.3. The number of nitrogens with zero attached hydrogens (tertiary/aromatic N) is 7. The molecule has 0 spiro atoms. The second-order valence-corrected chi connectivity index (χ2v) is 10.8. The summed E-state index contributed by atoms with van der Waals surface area (Å²) >= 11 is 0. The number of aryl methyl sites for hydroxylation is 1. The number of likely N-dealkylation sites (tertiary alicyclic amines) is 1. The van der Waals surface area contributed by atoms with E-state index in [9.17, 15) is 18.0 Å². The largest absolute Gasteiger partial charge is 0.480 e. The molecular weight excluding hydrogens is 539 g/mol. The smallest absolute Gasteiger partial charge is 0.257 e. The van der Waals surface area contributed by atoms with E-state index in [2.05, 4.69) is 25.4 Å². The summed E-state index contributed by atoms with van der Waals surface area (Å²) in [6.07, 6.45) is 4.80. The van der Waals surface area contributed by atoms with Crippen molar-refractivity contribution in [2.45, 2.75) is 44.4 Å². The molecule has 11 nitrogen and oxygen atoms in total. The summed E-state index contributed by atoms with van der Waals surface area (Å²) < 4.78 is 50.3. The van der Waals surface area contributed by atoms with Crippen molar-refractivity contribution in [1.82, 2.24) is 39.3 Å². The number of hydrogen-bond acceptors (Lipinski definition) is 8. The maximum atomic E-state index is 14.9. The molecule has 1 amide bonds. The molecule has 1 saturated heterocycles. The Kier molecular flexibility index (Phi) is 6.80. The molecule has 41 heavy (non-hydrogen) atoms. The van der Waals surface area contributed by atoms with Crippen LogP contribution in [0.15, 0.2) is 37.1 Å². The molecule has 0 bridgehead atoms. The molecule has 0 aromatic carbocycles. The summed E-state index contributed by atoms with van der Waals surface area (Å²) in [6.45, 7) is 3.07. The van der Waals surface area contributed by atoms with Crippen LogP contribution in [0.4, 0.5) is 19.0 Å². The molecule has 0 unspecified atom stereocenters. The van der Waals surface area contributed by atoms with E-state index >= 15 is 0 Å². The quantitative estimate of drug-likeness (QED) is 0.332. The SMILES string of the molecule is COc1ncc(-c2cc(Cn3ccnc3C)c3c(N)ncnn23)cc1C(=O)N[C@@H]1CN(CC2CC(F)(F)C2)C[C@@H]1F. The van der Waals surface area contributed by atoms with Gasteiger partial charge in [-0.25, -0.2) is 32.6 Å². The molecule has 6 rings (SSSR count). The van der Waals surface area contributed by atoms with E-state index in [1.807, 2.05) is 23.8 Å². The number of amides is 1. The van der Waals surface area contributed by atoms with Gasteiger partial charge in [0.25, 0.3) is 5.91 Å². The lowest BCUT2D eigenvalue weighted by molar-refractivity contribution is -0.115. The van der Waals surface area contributed by atoms with Gasteiger partial charge in [0.2, 0.25) is 11.8 Å². The van der Waals surface area contributed by atoms with Gasteiger partial charge >= 0.3 is 0 Å². The van der Waals surface area contributed by atoms with Crippen LogP contribution in [0.3, 0.4) is 0 Å². The van der Waals surface area contributed by atoms with Gasteiger partial charge in [0.15, 0.2) is 5.82 Å². The van der Waals surface area contributed by atoms with Crippen LogP contribution in [0, 0.1) is 12.8 Å². The zero-order valence-corrected chi connectivity index (χ0v) is 22.6. The van der Waals surface area contributed by atoms with E-state index in [0.29, 0.717) is 35.7 Å². The minimum Gasteiger partial charge on any atom is -0.480 e. The van der Waals surface area contributed by atoms with Crippen LogP contribution in [-0.2, 0) is 6.54 Å². The Bertz CT molecular complexity index is 1600. The van der Waals surface area contributed by atoms with Gasteiger partial charge in [-0.3, -0.25) is 9.69 Å². The Morgan fingerprint density at radius 3 is 2.73 bits per heavy atom. The predicted octanol–water partition coefficient (Wildman–Crippen LogP) is 2.73. The Balaban J connectivity index is 1.26. The van der Waals surface area contributed by atoms with E-state index in [-0.39, 0.29) is 43.3 Å². The van der Waals surface area contributed by atoms with Crippen LogP contribution in [0.2, 0.25) is 0 Å². The average molecular weight is 570 g/mol. The molecule has 2 atom stereocenters. The number of alkyl halides is 3. The van der Waals surface area contributed by atoms with Crippen LogP contribution >= 0.6 is 0 Å². The maximum absolute atomic E-state index is 14.9. The van der Waals surface area contributed by atoms with E-state index in [0.717, 1.165) is 11.4 Å². The number of rotatable bonds is 8. The van der Waals surface area contributed by atoms with E-state index < -0.39 is 24.0 Å². The van der Waals surface area contributed by atoms with Crippen molar-refractivity contribution in [3.63, 3.8) is 0 Å². The molecule has 1 aliphatic carbocycles. The standard InChI is InChI=1S/C27H30F3N9O2/c1-15-32-3-4-38(15)11-18-6-22(39-23(18)24(31)34-14-35-39)17-5-19(26(41-2)33-9-17)25(40)36-21-13-37(12-20(21)28)10-16-7-27(29,30)8-16/h3-6,9,14,16,20-21H,7-8,10-13H2,1-2H3,(H,36,40)(H2,31,34,35)/t20-,21+/m0/s1. The summed E-state index contributed by atoms with van der Waals surface area (Å²) in [5, 5.41) is 7.15. The zero-order chi connectivity index (χ0) is 28.9. The third-order valence-corrected chi connectivity index (χ3v) is 7.84. The van der Waals surface area contributed by atoms with Crippen molar-refractivity contribution in [3.05, 3.63) is 54.0 Å². The number of hydrogen-bond donors (Lipinski definition) is 2. The summed E-state index contributed by atoms with van der Waals surface area (Å²) in [5.41, 5.74) is 9.01. The van der Waals surface area contributed by atoms with Crippen molar-refractivity contribution in [2.24, 2.45) is 5.92 Å². The molecule has 4 aromatic heterocycles. The number of nitrogen functional groups attached to an aromatic ring is 1. The summed E-state index contributed by atoms with van der Waals surface area (Å²) in [6, 6.07) is 2.73. The van der Waals surface area contributed by atoms with Gasteiger partial charge in [-0.05, 0) is 25.0 Å². The first kappa shape index (κ1) is 27.0. The number of pyridine rings is 1. The highest BCUT2D eigenvalue weighted by Gasteiger charge is 2.47. The van der Waals surface area contributed by atoms with E-state index in [4.69, 9.17) is 10.5 Å². The van der Waals surface area contributed by atoms with Gasteiger partial charge < -0.3 is 20.4 Å². The first-order chi connectivity index (χ1) is 19.6. The number of carbonyl (C=O) groups is 1. The topological polar surface area (TPSA) is 128 Å². The zero-order valence-electron chi connectivity index (χ0n) is 22.6. The Labute approximate surface area is 233 Å². The molecule has 14 heteroatoms. The molecule has 2 aliphatic rings. The molecule has 3 N–H and O–H groups in total. The molecule has 1 aliphatic heterocycles. The average Bonchev–Trinajstić information content (AvgIpc) is 3.60. The highest BCUT2D eigenvalue weighted by Crippen LogP contribution is 2.43. The molecule has 0 radical (unpaired) electrons. The number of ether oxygens (including phenoxy) is 1. The Morgan fingerprint density at radius 1 is 1.22 bits per heavy atom. The lowest BCUT2D eigenvalue weighted by atomic mass is 9.81. The fraction of sp³-hybridized carbons (Fsp3) is 0.444. The first-order valence-corrected chi connectivity index (χ1v) is 13.3. The van der Waals surface area contributed by atoms with E-state index in [1.54, 1.807) is 27.9 Å². The summed E-state index contributed by atoms with van der Waals surface area (Å²) in [7, 11) is 1.40. The lowest BCUT2D eigenvalue weighted by Crippen LogP contribution is -2.43. The number of nitrogens with one attached hydrogen (secondary N) is 1. The van der Waals surface area contributed by atoms with Crippen molar-refractivity contribution < 1.29 is 22.7 Å². The number of fused-ring (bicyclic) bond motifs is 1. The van der Waals surface area contributed by atoms with Crippen molar-refractivity contribution in [3.8, 4) is 17.1 Å².